The molecule has 1 aliphatic heterocycles. The lowest BCUT2D eigenvalue weighted by Gasteiger charge is -2.28. The van der Waals surface area contributed by atoms with Gasteiger partial charge in [0.2, 0.25) is 0 Å². The second-order valence-electron chi connectivity index (χ2n) is 9.62. The van der Waals surface area contributed by atoms with Crippen LogP contribution in [0.5, 0.6) is 0 Å². The van der Waals surface area contributed by atoms with Crippen molar-refractivity contribution in [1.29, 1.82) is 0 Å². The second kappa shape index (κ2) is 9.90. The molecule has 5 nitrogen and oxygen atoms in total. The highest BCUT2D eigenvalue weighted by Gasteiger charge is 2.26. The number of hydrogen-bond donors (Lipinski definition) is 2. The number of anilines is 2. The SMILES string of the molecule is O=C(O)CC1CCC(c2ccc(-c3ccc4c(c3)CCN4C(=O)Nc3ccc(F)cc3)cc2)CC1. The lowest BCUT2D eigenvalue weighted by Crippen LogP contribution is -2.33. The third-order valence-electron chi connectivity index (χ3n) is 7.34. The molecular formula is C29H29FN2O3. The molecule has 0 spiro atoms. The number of urea groups is 1. The zero-order valence-electron chi connectivity index (χ0n) is 19.5. The Morgan fingerprint density at radius 2 is 1.60 bits per heavy atom. The van der Waals surface area contributed by atoms with Gasteiger partial charge < -0.3 is 10.4 Å². The van der Waals surface area contributed by atoms with E-state index in [2.05, 4.69) is 41.7 Å². The van der Waals surface area contributed by atoms with Crippen LogP contribution in [0.15, 0.2) is 66.7 Å². The van der Waals surface area contributed by atoms with Crippen LogP contribution in [-0.4, -0.2) is 23.7 Å². The number of carboxylic acids is 1. The third kappa shape index (κ3) is 5.21. The smallest absolute Gasteiger partial charge is 0.326 e. The number of hydrogen-bond acceptors (Lipinski definition) is 2. The first-order valence-electron chi connectivity index (χ1n) is 12.3. The fourth-order valence-electron chi connectivity index (χ4n) is 5.41. The molecule has 1 saturated carbocycles. The number of benzene rings is 3. The van der Waals surface area contributed by atoms with Gasteiger partial charge in [-0.1, -0.05) is 30.3 Å². The van der Waals surface area contributed by atoms with Gasteiger partial charge in [0.1, 0.15) is 5.82 Å². The van der Waals surface area contributed by atoms with E-state index in [9.17, 15) is 14.0 Å². The molecule has 1 aliphatic carbocycles. The zero-order chi connectivity index (χ0) is 24.4. The summed E-state index contributed by atoms with van der Waals surface area (Å²) < 4.78 is 13.1. The van der Waals surface area contributed by atoms with Crippen molar-refractivity contribution in [3.8, 4) is 11.1 Å². The Balaban J connectivity index is 1.24. The number of halogens is 1. The average Bonchev–Trinajstić information content (AvgIpc) is 3.29. The van der Waals surface area contributed by atoms with Gasteiger partial charge in [0, 0.05) is 24.3 Å². The molecular weight excluding hydrogens is 443 g/mol. The van der Waals surface area contributed by atoms with Gasteiger partial charge in [0.25, 0.3) is 0 Å². The highest BCUT2D eigenvalue weighted by molar-refractivity contribution is 6.03. The summed E-state index contributed by atoms with van der Waals surface area (Å²) in [5.41, 5.74) is 6.21. The number of carboxylic acid groups (broad SMARTS) is 1. The summed E-state index contributed by atoms with van der Waals surface area (Å²) in [6, 6.07) is 20.5. The first kappa shape index (κ1) is 23.1. The molecule has 2 amide bonds. The lowest BCUT2D eigenvalue weighted by atomic mass is 9.77. The predicted molar refractivity (Wildman–Crippen MR) is 135 cm³/mol. The van der Waals surface area contributed by atoms with Crippen molar-refractivity contribution in [2.75, 3.05) is 16.8 Å². The van der Waals surface area contributed by atoms with Crippen LogP contribution >= 0.6 is 0 Å². The Morgan fingerprint density at radius 1 is 0.914 bits per heavy atom. The number of rotatable bonds is 5. The van der Waals surface area contributed by atoms with Crippen molar-refractivity contribution < 1.29 is 19.1 Å². The standard InChI is InChI=1S/C29H29FN2O3/c30-25-10-12-26(13-11-25)31-29(35)32-16-15-24-18-23(9-14-27(24)32)22-7-5-21(6-8-22)20-3-1-19(2-4-20)17-28(33)34/h5-14,18-20H,1-4,15-17H2,(H,31,35)(H,33,34). The summed E-state index contributed by atoms with van der Waals surface area (Å²) >= 11 is 0. The minimum Gasteiger partial charge on any atom is -0.481 e. The molecule has 2 aliphatic rings. The number of aliphatic carboxylic acids is 1. The van der Waals surface area contributed by atoms with Crippen LogP contribution in [0.25, 0.3) is 11.1 Å². The molecule has 1 fully saturated rings. The van der Waals surface area contributed by atoms with E-state index < -0.39 is 5.97 Å². The van der Waals surface area contributed by atoms with Crippen LogP contribution in [0.3, 0.4) is 0 Å². The van der Waals surface area contributed by atoms with Crippen molar-refractivity contribution in [2.24, 2.45) is 5.92 Å². The normalized spacial score (nSPS) is 19.3. The molecule has 0 bridgehead atoms. The van der Waals surface area contributed by atoms with Crippen LogP contribution < -0.4 is 10.2 Å². The minimum absolute atomic E-state index is 0.217. The van der Waals surface area contributed by atoms with Gasteiger partial charge in [-0.3, -0.25) is 9.69 Å². The fraction of sp³-hybridized carbons (Fsp3) is 0.310. The molecule has 3 aromatic rings. The lowest BCUT2D eigenvalue weighted by molar-refractivity contribution is -0.138. The topological polar surface area (TPSA) is 69.6 Å². The summed E-state index contributed by atoms with van der Waals surface area (Å²) in [6.45, 7) is 0.606. The Morgan fingerprint density at radius 3 is 2.29 bits per heavy atom. The fourth-order valence-corrected chi connectivity index (χ4v) is 5.41. The van der Waals surface area contributed by atoms with Gasteiger partial charge in [-0.15, -0.1) is 0 Å². The third-order valence-corrected chi connectivity index (χ3v) is 7.34. The molecule has 3 aromatic carbocycles. The number of carbonyl (C=O) groups excluding carboxylic acids is 1. The van der Waals surface area contributed by atoms with Gasteiger partial charge in [-0.25, -0.2) is 9.18 Å². The Hall–Kier alpha value is -3.67. The summed E-state index contributed by atoms with van der Waals surface area (Å²) in [5.74, 6) is -0.212. The Kier molecular flexibility index (Phi) is 6.53. The minimum atomic E-state index is -0.691. The van der Waals surface area contributed by atoms with Crippen molar-refractivity contribution in [1.82, 2.24) is 0 Å². The van der Waals surface area contributed by atoms with E-state index in [-0.39, 0.29) is 18.3 Å². The molecule has 0 atom stereocenters. The molecule has 0 saturated heterocycles. The van der Waals surface area contributed by atoms with E-state index in [0.717, 1.165) is 54.5 Å². The van der Waals surface area contributed by atoms with Crippen LogP contribution in [0.1, 0.15) is 49.1 Å². The highest BCUT2D eigenvalue weighted by atomic mass is 19.1. The first-order chi connectivity index (χ1) is 17.0. The van der Waals surface area contributed by atoms with Gasteiger partial charge in [0.15, 0.2) is 0 Å². The number of carbonyl (C=O) groups is 2. The molecule has 0 radical (unpaired) electrons. The number of nitrogens with zero attached hydrogens (tertiary/aromatic N) is 1. The van der Waals surface area contributed by atoms with E-state index in [1.807, 2.05) is 6.07 Å². The van der Waals surface area contributed by atoms with Crippen LogP contribution in [-0.2, 0) is 11.2 Å². The van der Waals surface area contributed by atoms with Gasteiger partial charge in [0.05, 0.1) is 0 Å². The molecule has 0 unspecified atom stereocenters. The van der Waals surface area contributed by atoms with Crippen LogP contribution in [0.4, 0.5) is 20.6 Å². The maximum atomic E-state index is 13.1. The van der Waals surface area contributed by atoms with E-state index >= 15 is 0 Å². The second-order valence-corrected chi connectivity index (χ2v) is 9.62. The molecule has 2 N–H and O–H groups in total. The quantitative estimate of drug-likeness (QED) is 0.427. The molecule has 5 rings (SSSR count). The van der Waals surface area contributed by atoms with Crippen LogP contribution in [0, 0.1) is 11.7 Å². The van der Waals surface area contributed by atoms with Crippen molar-refractivity contribution in [3.05, 3.63) is 83.7 Å². The van der Waals surface area contributed by atoms with Crippen molar-refractivity contribution in [3.63, 3.8) is 0 Å². The number of nitrogens with one attached hydrogen (secondary N) is 1. The monoisotopic (exact) mass is 472 g/mol. The summed E-state index contributed by atoms with van der Waals surface area (Å²) in [7, 11) is 0. The molecule has 35 heavy (non-hydrogen) atoms. The maximum Gasteiger partial charge on any atom is 0.326 e. The number of amides is 2. The highest BCUT2D eigenvalue weighted by Crippen LogP contribution is 2.38. The van der Waals surface area contributed by atoms with E-state index in [1.54, 1.807) is 17.0 Å². The Labute approximate surface area is 204 Å². The summed E-state index contributed by atoms with van der Waals surface area (Å²) in [4.78, 5) is 25.5. The predicted octanol–water partition coefficient (Wildman–Crippen LogP) is 6.84. The Bertz CT molecular complexity index is 1220. The average molecular weight is 473 g/mol. The largest absolute Gasteiger partial charge is 0.481 e. The van der Waals surface area contributed by atoms with E-state index in [1.165, 1.54) is 17.7 Å². The zero-order valence-corrected chi connectivity index (χ0v) is 19.5. The summed E-state index contributed by atoms with van der Waals surface area (Å²) in [5, 5.41) is 11.9. The molecule has 180 valence electrons. The van der Waals surface area contributed by atoms with Gasteiger partial charge in [-0.05, 0) is 103 Å². The van der Waals surface area contributed by atoms with Gasteiger partial charge in [-0.2, -0.15) is 0 Å². The first-order valence-corrected chi connectivity index (χ1v) is 12.3. The molecule has 6 heteroatoms. The maximum absolute atomic E-state index is 13.1. The summed E-state index contributed by atoms with van der Waals surface area (Å²) in [6.07, 6.45) is 5.13. The van der Waals surface area contributed by atoms with Crippen molar-refractivity contribution in [2.45, 2.75) is 44.4 Å². The van der Waals surface area contributed by atoms with Crippen LogP contribution in [0.2, 0.25) is 0 Å². The van der Waals surface area contributed by atoms with Gasteiger partial charge >= 0.3 is 12.0 Å². The van der Waals surface area contributed by atoms with E-state index in [0.29, 0.717) is 24.1 Å². The number of fused-ring (bicyclic) bond motifs is 1. The molecule has 1 heterocycles. The van der Waals surface area contributed by atoms with Crippen molar-refractivity contribution >= 4 is 23.4 Å². The molecule has 0 aromatic heterocycles. The van der Waals surface area contributed by atoms with E-state index in [4.69, 9.17) is 5.11 Å².